The van der Waals surface area contributed by atoms with Crippen molar-refractivity contribution in [2.45, 2.75) is 32.6 Å². The van der Waals surface area contributed by atoms with E-state index < -0.39 is 0 Å². The first kappa shape index (κ1) is 14.7. The number of hydrogen-bond donors (Lipinski definition) is 1. The second kappa shape index (κ2) is 7.88. The summed E-state index contributed by atoms with van der Waals surface area (Å²) in [7, 11) is 0. The highest BCUT2D eigenvalue weighted by molar-refractivity contribution is 6.18. The molecule has 1 rings (SSSR count). The predicted octanol–water partition coefficient (Wildman–Crippen LogP) is 3.63. The number of rotatable bonds is 7. The summed E-state index contributed by atoms with van der Waals surface area (Å²) in [6, 6.07) is 6.97. The topological polar surface area (TPSA) is 46.2 Å². The van der Waals surface area contributed by atoms with Crippen molar-refractivity contribution in [3.8, 4) is 0 Å². The average Bonchev–Trinajstić information content (AvgIpc) is 2.37. The minimum Gasteiger partial charge on any atom is -0.326 e. The molecule has 1 aromatic rings. The number of nitrogens with one attached hydrogen (secondary N) is 1. The lowest BCUT2D eigenvalue weighted by molar-refractivity contribution is -0.116. The molecule has 18 heavy (non-hydrogen) atoms. The monoisotopic (exact) mass is 267 g/mol. The van der Waals surface area contributed by atoms with E-state index in [-0.39, 0.29) is 11.7 Å². The van der Waals surface area contributed by atoms with E-state index in [2.05, 4.69) is 5.32 Å². The number of halogens is 1. The number of anilines is 1. The van der Waals surface area contributed by atoms with Gasteiger partial charge >= 0.3 is 0 Å². The molecule has 0 aliphatic rings. The van der Waals surface area contributed by atoms with Gasteiger partial charge in [-0.2, -0.15) is 0 Å². The van der Waals surface area contributed by atoms with Crippen molar-refractivity contribution in [3.05, 3.63) is 29.8 Å². The zero-order chi connectivity index (χ0) is 13.4. The van der Waals surface area contributed by atoms with Gasteiger partial charge in [0, 0.05) is 30.0 Å². The quantitative estimate of drug-likeness (QED) is 0.606. The van der Waals surface area contributed by atoms with Crippen LogP contribution in [-0.4, -0.2) is 17.6 Å². The van der Waals surface area contributed by atoms with Crippen LogP contribution in [0.25, 0.3) is 0 Å². The molecule has 98 valence electrons. The van der Waals surface area contributed by atoms with Crippen molar-refractivity contribution in [1.82, 2.24) is 0 Å². The van der Waals surface area contributed by atoms with Crippen LogP contribution in [0.15, 0.2) is 24.3 Å². The number of alkyl halides is 1. The number of hydrogen-bond acceptors (Lipinski definition) is 2. The van der Waals surface area contributed by atoms with Gasteiger partial charge in [-0.1, -0.05) is 6.92 Å². The second-order valence-corrected chi connectivity index (χ2v) is 4.47. The van der Waals surface area contributed by atoms with Crippen LogP contribution in [0, 0.1) is 0 Å². The summed E-state index contributed by atoms with van der Waals surface area (Å²) >= 11 is 5.55. The predicted molar refractivity (Wildman–Crippen MR) is 74.3 cm³/mol. The van der Waals surface area contributed by atoms with Crippen LogP contribution in [0.4, 0.5) is 5.69 Å². The summed E-state index contributed by atoms with van der Waals surface area (Å²) in [6.45, 7) is 1.96. The Morgan fingerprint density at radius 1 is 1.17 bits per heavy atom. The summed E-state index contributed by atoms with van der Waals surface area (Å²) < 4.78 is 0. The Kier molecular flexibility index (Phi) is 6.44. The van der Waals surface area contributed by atoms with Crippen LogP contribution < -0.4 is 5.32 Å². The normalized spacial score (nSPS) is 10.1. The van der Waals surface area contributed by atoms with E-state index in [0.29, 0.717) is 30.7 Å². The van der Waals surface area contributed by atoms with Gasteiger partial charge in [0.15, 0.2) is 5.78 Å². The fourth-order valence-electron chi connectivity index (χ4n) is 1.56. The number of carbonyl (C=O) groups is 2. The molecule has 0 fully saturated rings. The molecule has 0 bridgehead atoms. The Morgan fingerprint density at radius 3 is 2.39 bits per heavy atom. The third-order valence-corrected chi connectivity index (χ3v) is 2.77. The van der Waals surface area contributed by atoms with Gasteiger partial charge in [-0.3, -0.25) is 9.59 Å². The van der Waals surface area contributed by atoms with E-state index in [1.807, 2.05) is 6.92 Å². The fourth-order valence-corrected chi connectivity index (χ4v) is 1.70. The zero-order valence-electron chi connectivity index (χ0n) is 10.5. The van der Waals surface area contributed by atoms with Crippen molar-refractivity contribution < 1.29 is 9.59 Å². The zero-order valence-corrected chi connectivity index (χ0v) is 11.3. The summed E-state index contributed by atoms with van der Waals surface area (Å²) in [5.41, 5.74) is 1.39. The van der Waals surface area contributed by atoms with Crippen molar-refractivity contribution >= 4 is 29.0 Å². The van der Waals surface area contributed by atoms with E-state index in [1.54, 1.807) is 24.3 Å². The third-order valence-electron chi connectivity index (χ3n) is 2.51. The smallest absolute Gasteiger partial charge is 0.224 e. The molecule has 3 nitrogen and oxygen atoms in total. The van der Waals surface area contributed by atoms with Crippen molar-refractivity contribution in [1.29, 1.82) is 0 Å². The highest BCUT2D eigenvalue weighted by Crippen LogP contribution is 2.12. The molecule has 0 aromatic heterocycles. The van der Waals surface area contributed by atoms with Crippen LogP contribution in [0.3, 0.4) is 0 Å². The molecule has 1 amide bonds. The molecule has 0 aliphatic carbocycles. The van der Waals surface area contributed by atoms with Gasteiger partial charge < -0.3 is 5.32 Å². The van der Waals surface area contributed by atoms with Crippen molar-refractivity contribution in [3.63, 3.8) is 0 Å². The Labute approximate surface area is 113 Å². The molecule has 0 atom stereocenters. The van der Waals surface area contributed by atoms with Crippen LogP contribution in [0.1, 0.15) is 43.0 Å². The summed E-state index contributed by atoms with van der Waals surface area (Å²) in [4.78, 5) is 23.1. The molecule has 1 aromatic carbocycles. The third kappa shape index (κ3) is 4.88. The first-order valence-electron chi connectivity index (χ1n) is 6.16. The van der Waals surface area contributed by atoms with E-state index in [9.17, 15) is 9.59 Å². The maximum Gasteiger partial charge on any atom is 0.224 e. The van der Waals surface area contributed by atoms with Gasteiger partial charge in [-0.25, -0.2) is 0 Å². The van der Waals surface area contributed by atoms with Gasteiger partial charge in [0.1, 0.15) is 0 Å². The maximum atomic E-state index is 11.7. The molecule has 0 saturated carbocycles. The van der Waals surface area contributed by atoms with E-state index >= 15 is 0 Å². The van der Waals surface area contributed by atoms with Crippen LogP contribution in [0.2, 0.25) is 0 Å². The number of ketones is 1. The van der Waals surface area contributed by atoms with Crippen LogP contribution in [0.5, 0.6) is 0 Å². The lowest BCUT2D eigenvalue weighted by Crippen LogP contribution is -2.10. The molecule has 0 saturated heterocycles. The summed E-state index contributed by atoms with van der Waals surface area (Å²) in [6.07, 6.45) is 2.48. The highest BCUT2D eigenvalue weighted by Gasteiger charge is 2.06. The SMILES string of the molecule is CCCC(=O)Nc1ccc(C(=O)CCCCl)cc1. The lowest BCUT2D eigenvalue weighted by atomic mass is 10.1. The van der Waals surface area contributed by atoms with Crippen molar-refractivity contribution in [2.75, 3.05) is 11.2 Å². The van der Waals surface area contributed by atoms with Crippen molar-refractivity contribution in [2.24, 2.45) is 0 Å². The number of amides is 1. The van der Waals surface area contributed by atoms with E-state index in [0.717, 1.165) is 12.1 Å². The first-order valence-corrected chi connectivity index (χ1v) is 6.70. The largest absolute Gasteiger partial charge is 0.326 e. The molecule has 0 radical (unpaired) electrons. The molecular formula is C14H18ClNO2. The van der Waals surface area contributed by atoms with E-state index in [4.69, 9.17) is 11.6 Å². The average molecular weight is 268 g/mol. The maximum absolute atomic E-state index is 11.7. The summed E-state index contributed by atoms with van der Waals surface area (Å²) in [5, 5.41) is 2.78. The Balaban J connectivity index is 2.57. The molecule has 1 N–H and O–H groups in total. The van der Waals surface area contributed by atoms with Gasteiger partial charge in [0.05, 0.1) is 0 Å². The lowest BCUT2D eigenvalue weighted by Gasteiger charge is -2.05. The first-order chi connectivity index (χ1) is 8.67. The molecule has 0 unspecified atom stereocenters. The molecular weight excluding hydrogens is 250 g/mol. The van der Waals surface area contributed by atoms with Crippen LogP contribution in [-0.2, 0) is 4.79 Å². The molecule has 0 aliphatic heterocycles. The minimum absolute atomic E-state index is 0.00119. The molecule has 0 spiro atoms. The fraction of sp³-hybridized carbons (Fsp3) is 0.429. The standard InChI is InChI=1S/C14H18ClNO2/c1-2-4-14(18)16-12-8-6-11(7-9-12)13(17)5-3-10-15/h6-9H,2-5,10H2,1H3,(H,16,18). The Hall–Kier alpha value is -1.35. The molecule has 4 heteroatoms. The summed E-state index contributed by atoms with van der Waals surface area (Å²) in [5.74, 6) is 0.581. The second-order valence-electron chi connectivity index (χ2n) is 4.09. The minimum atomic E-state index is -0.00119. The van der Waals surface area contributed by atoms with Gasteiger partial charge in [0.25, 0.3) is 0 Å². The Morgan fingerprint density at radius 2 is 1.83 bits per heavy atom. The van der Waals surface area contributed by atoms with Gasteiger partial charge in [-0.15, -0.1) is 11.6 Å². The molecule has 0 heterocycles. The Bertz CT molecular complexity index is 401. The van der Waals surface area contributed by atoms with Gasteiger partial charge in [-0.05, 0) is 37.1 Å². The number of Topliss-reactive ketones (excluding diaryl/α,β-unsaturated/α-hetero) is 1. The van der Waals surface area contributed by atoms with Crippen LogP contribution >= 0.6 is 11.6 Å². The van der Waals surface area contributed by atoms with E-state index in [1.165, 1.54) is 0 Å². The number of benzene rings is 1. The highest BCUT2D eigenvalue weighted by atomic mass is 35.5. The van der Waals surface area contributed by atoms with Gasteiger partial charge in [0.2, 0.25) is 5.91 Å². The number of carbonyl (C=O) groups excluding carboxylic acids is 2.